The summed E-state index contributed by atoms with van der Waals surface area (Å²) in [5.41, 5.74) is 11.8. The number of rotatable bonds is 8. The van der Waals surface area contributed by atoms with Crippen LogP contribution in [0.5, 0.6) is 5.75 Å². The number of nitrogens with one attached hydrogen (secondary N) is 3. The summed E-state index contributed by atoms with van der Waals surface area (Å²) in [7, 11) is -3.75. The first kappa shape index (κ1) is 24.6. The van der Waals surface area contributed by atoms with Crippen molar-refractivity contribution >= 4 is 16.0 Å². The highest BCUT2D eigenvalue weighted by atomic mass is 32.2. The molecular weight excluding hydrogens is 456 g/mol. The highest BCUT2D eigenvalue weighted by molar-refractivity contribution is 7.89. The van der Waals surface area contributed by atoms with E-state index in [1.165, 1.54) is 4.31 Å². The Hall–Kier alpha value is -2.50. The smallest absolute Gasteiger partial charge is 0.303 e. The summed E-state index contributed by atoms with van der Waals surface area (Å²) in [4.78, 5) is 11.8. The van der Waals surface area contributed by atoms with Gasteiger partial charge >= 0.3 is 5.97 Å². The van der Waals surface area contributed by atoms with Crippen LogP contribution in [0, 0.1) is 6.92 Å². The van der Waals surface area contributed by atoms with E-state index in [0.717, 1.165) is 29.7 Å². The van der Waals surface area contributed by atoms with E-state index in [1.807, 2.05) is 32.0 Å². The molecule has 0 aliphatic carbocycles. The van der Waals surface area contributed by atoms with Crippen LogP contribution in [0.15, 0.2) is 47.4 Å². The Labute approximate surface area is 200 Å². The second kappa shape index (κ2) is 10.4. The standard InChI is InChI=1S/C24H32N4O5S/c1-16-7-8-18(19(12-24(29)30)9-10-21-13-25-27-26-21)11-20(16)15-28-14-17(2)33-22-5-3-4-6-23(22)34(28,31)32/h3-8,11,17,19,21,25-27H,9-10,12-15H2,1-2H3,(H,29,30)/t17-,19?,21?/m1/s1. The van der Waals surface area contributed by atoms with Crippen LogP contribution < -0.4 is 21.1 Å². The normalized spacial score (nSPS) is 23.0. The largest absolute Gasteiger partial charge is 0.488 e. The number of carboxylic acid groups (broad SMARTS) is 1. The molecule has 4 N–H and O–H groups in total. The van der Waals surface area contributed by atoms with E-state index >= 15 is 0 Å². The van der Waals surface area contributed by atoms with Crippen molar-refractivity contribution in [3.05, 3.63) is 59.2 Å². The molecule has 4 rings (SSSR count). The van der Waals surface area contributed by atoms with Crippen molar-refractivity contribution in [1.29, 1.82) is 0 Å². The molecule has 2 unspecified atom stereocenters. The number of hydrazine groups is 2. The first-order valence-electron chi connectivity index (χ1n) is 11.5. The average Bonchev–Trinajstić information content (AvgIpc) is 3.28. The second-order valence-corrected chi connectivity index (χ2v) is 11.0. The van der Waals surface area contributed by atoms with Gasteiger partial charge in [-0.25, -0.2) is 19.3 Å². The third-order valence-corrected chi connectivity index (χ3v) is 8.30. The van der Waals surface area contributed by atoms with Gasteiger partial charge < -0.3 is 9.84 Å². The molecule has 1 fully saturated rings. The van der Waals surface area contributed by atoms with E-state index in [1.54, 1.807) is 24.3 Å². The van der Waals surface area contributed by atoms with E-state index in [-0.39, 0.29) is 42.5 Å². The van der Waals surface area contributed by atoms with Crippen LogP contribution in [0.1, 0.15) is 48.8 Å². The maximum absolute atomic E-state index is 13.4. The number of carbonyl (C=O) groups is 1. The molecule has 0 spiro atoms. The minimum Gasteiger partial charge on any atom is -0.488 e. The fourth-order valence-electron chi connectivity index (χ4n) is 4.55. The lowest BCUT2D eigenvalue weighted by Crippen LogP contribution is -2.35. The highest BCUT2D eigenvalue weighted by Gasteiger charge is 2.33. The van der Waals surface area contributed by atoms with Crippen molar-refractivity contribution in [1.82, 2.24) is 20.7 Å². The van der Waals surface area contributed by atoms with Gasteiger partial charge in [0, 0.05) is 19.1 Å². The topological polar surface area (TPSA) is 120 Å². The van der Waals surface area contributed by atoms with Gasteiger partial charge in [-0.1, -0.05) is 30.3 Å². The third kappa shape index (κ3) is 5.59. The van der Waals surface area contributed by atoms with E-state index in [0.29, 0.717) is 12.2 Å². The monoisotopic (exact) mass is 488 g/mol. The predicted molar refractivity (Wildman–Crippen MR) is 128 cm³/mol. The molecule has 0 saturated carbocycles. The molecule has 0 amide bonds. The van der Waals surface area contributed by atoms with Crippen LogP contribution in [-0.2, 0) is 21.4 Å². The Morgan fingerprint density at radius 3 is 2.79 bits per heavy atom. The summed E-state index contributed by atoms with van der Waals surface area (Å²) in [5.74, 6) is -0.641. The van der Waals surface area contributed by atoms with Gasteiger partial charge in [0.2, 0.25) is 10.0 Å². The molecule has 2 aliphatic rings. The molecule has 3 atom stereocenters. The predicted octanol–water partition coefficient (Wildman–Crippen LogP) is 2.29. The zero-order valence-corrected chi connectivity index (χ0v) is 20.3. The molecule has 0 bridgehead atoms. The number of sulfonamides is 1. The van der Waals surface area contributed by atoms with Crippen LogP contribution in [-0.4, -0.2) is 49.0 Å². The van der Waals surface area contributed by atoms with Crippen molar-refractivity contribution in [2.75, 3.05) is 13.1 Å². The number of benzene rings is 2. The highest BCUT2D eigenvalue weighted by Crippen LogP contribution is 2.33. The maximum atomic E-state index is 13.4. The van der Waals surface area contributed by atoms with E-state index in [9.17, 15) is 18.3 Å². The molecule has 2 aromatic carbocycles. The van der Waals surface area contributed by atoms with Crippen molar-refractivity contribution in [2.45, 2.75) is 62.6 Å². The van der Waals surface area contributed by atoms with Crippen LogP contribution >= 0.6 is 0 Å². The maximum Gasteiger partial charge on any atom is 0.303 e. The zero-order valence-electron chi connectivity index (χ0n) is 19.5. The zero-order chi connectivity index (χ0) is 24.3. The molecule has 184 valence electrons. The number of carboxylic acids is 1. The van der Waals surface area contributed by atoms with Gasteiger partial charge in [-0.2, -0.15) is 9.84 Å². The van der Waals surface area contributed by atoms with Gasteiger partial charge in [0.05, 0.1) is 13.0 Å². The van der Waals surface area contributed by atoms with Gasteiger partial charge in [-0.3, -0.25) is 4.79 Å². The van der Waals surface area contributed by atoms with E-state index in [4.69, 9.17) is 4.74 Å². The Bertz CT molecular complexity index is 1130. The van der Waals surface area contributed by atoms with Crippen molar-refractivity contribution in [3.63, 3.8) is 0 Å². The molecule has 1 saturated heterocycles. The summed E-state index contributed by atoms with van der Waals surface area (Å²) < 4.78 is 34.2. The van der Waals surface area contributed by atoms with Crippen molar-refractivity contribution in [2.24, 2.45) is 0 Å². The summed E-state index contributed by atoms with van der Waals surface area (Å²) in [6.45, 7) is 5.00. The van der Waals surface area contributed by atoms with Crippen LogP contribution in [0.3, 0.4) is 0 Å². The SMILES string of the molecule is Cc1ccc(C(CCC2CNNN2)CC(=O)O)cc1CN1C[C@@H](C)Oc2ccccc2S1(=O)=O. The Kier molecular flexibility index (Phi) is 7.54. The lowest BCUT2D eigenvalue weighted by Gasteiger charge is -2.24. The lowest BCUT2D eigenvalue weighted by atomic mass is 9.88. The number of fused-ring (bicyclic) bond motifs is 1. The average molecular weight is 489 g/mol. The second-order valence-electron chi connectivity index (χ2n) is 9.08. The Balaban J connectivity index is 1.60. The fourth-order valence-corrected chi connectivity index (χ4v) is 6.16. The van der Waals surface area contributed by atoms with Gasteiger partial charge in [-0.05, 0) is 61.4 Å². The quantitative estimate of drug-likeness (QED) is 0.447. The van der Waals surface area contributed by atoms with Crippen LogP contribution in [0.25, 0.3) is 0 Å². The molecule has 10 heteroatoms. The minimum atomic E-state index is -3.75. The third-order valence-electron chi connectivity index (χ3n) is 6.44. The molecule has 0 aromatic heterocycles. The molecule has 2 aromatic rings. The molecular formula is C24H32N4O5S. The number of para-hydroxylation sites is 1. The molecule has 2 heterocycles. The van der Waals surface area contributed by atoms with Gasteiger partial charge in [-0.15, -0.1) is 0 Å². The minimum absolute atomic E-state index is 0.0241. The first-order valence-corrected chi connectivity index (χ1v) is 13.0. The Morgan fingerprint density at radius 1 is 1.26 bits per heavy atom. The van der Waals surface area contributed by atoms with Gasteiger partial charge in [0.1, 0.15) is 16.7 Å². The number of nitrogens with zero attached hydrogens (tertiary/aromatic N) is 1. The van der Waals surface area contributed by atoms with Crippen molar-refractivity contribution in [3.8, 4) is 5.75 Å². The summed E-state index contributed by atoms with van der Waals surface area (Å²) in [6, 6.07) is 12.8. The molecule has 9 nitrogen and oxygen atoms in total. The summed E-state index contributed by atoms with van der Waals surface area (Å²) in [6.07, 6.45) is 1.24. The lowest BCUT2D eigenvalue weighted by molar-refractivity contribution is -0.137. The van der Waals surface area contributed by atoms with Crippen molar-refractivity contribution < 1.29 is 23.1 Å². The van der Waals surface area contributed by atoms with Gasteiger partial charge in [0.25, 0.3) is 0 Å². The molecule has 2 aliphatic heterocycles. The van der Waals surface area contributed by atoms with E-state index < -0.39 is 16.0 Å². The molecule has 0 radical (unpaired) electrons. The van der Waals surface area contributed by atoms with Crippen LogP contribution in [0.4, 0.5) is 0 Å². The number of ether oxygens (including phenoxy) is 1. The Morgan fingerprint density at radius 2 is 2.06 bits per heavy atom. The fraction of sp³-hybridized carbons (Fsp3) is 0.458. The number of aliphatic carboxylic acids is 1. The van der Waals surface area contributed by atoms with Crippen LogP contribution in [0.2, 0.25) is 0 Å². The number of aryl methyl sites for hydroxylation is 1. The van der Waals surface area contributed by atoms with Gasteiger partial charge in [0.15, 0.2) is 0 Å². The van der Waals surface area contributed by atoms with E-state index in [2.05, 4.69) is 16.4 Å². The number of hydrogen-bond donors (Lipinski definition) is 4. The molecule has 34 heavy (non-hydrogen) atoms. The summed E-state index contributed by atoms with van der Waals surface area (Å²) >= 11 is 0. The first-order chi connectivity index (χ1) is 16.2. The summed E-state index contributed by atoms with van der Waals surface area (Å²) in [5, 5.41) is 9.50. The number of hydrogen-bond acceptors (Lipinski definition) is 7.